The second kappa shape index (κ2) is 8.00. The van der Waals surface area contributed by atoms with Crippen LogP contribution >= 0.6 is 11.6 Å². The van der Waals surface area contributed by atoms with Crippen LogP contribution in [0.5, 0.6) is 0 Å². The number of rotatable bonds is 7. The van der Waals surface area contributed by atoms with E-state index in [2.05, 4.69) is 19.2 Å². The van der Waals surface area contributed by atoms with Gasteiger partial charge < -0.3 is 16.2 Å². The van der Waals surface area contributed by atoms with E-state index in [1.807, 2.05) is 0 Å². The molecule has 0 spiro atoms. The Hall–Kier alpha value is -1.59. The van der Waals surface area contributed by atoms with Crippen molar-refractivity contribution in [2.45, 2.75) is 26.7 Å². The molecule has 1 aromatic carbocycles. The quantitative estimate of drug-likeness (QED) is 0.721. The van der Waals surface area contributed by atoms with Crippen molar-refractivity contribution >= 4 is 29.2 Å². The number of nitrogens with two attached hydrogens (primary N) is 1. The van der Waals surface area contributed by atoms with Crippen LogP contribution in [0.2, 0.25) is 5.02 Å². The zero-order valence-electron chi connectivity index (χ0n) is 12.2. The summed E-state index contributed by atoms with van der Waals surface area (Å²) in [6, 6.07) is 4.59. The molecule has 6 heteroatoms. The highest BCUT2D eigenvalue weighted by atomic mass is 35.5. The van der Waals surface area contributed by atoms with Gasteiger partial charge in [-0.2, -0.15) is 0 Å². The number of carboxylic acids is 1. The molecule has 0 aliphatic carbocycles. The second-order valence-corrected chi connectivity index (χ2v) is 5.86. The number of amides is 1. The molecule has 0 fully saturated rings. The SMILES string of the molecule is CC(C)CC(CN)CC(=O)Nc1cccc(Cl)c1C(=O)O. The Kier molecular flexibility index (Phi) is 6.65. The standard InChI is InChI=1S/C15H21ClN2O3/c1-9(2)6-10(8-17)7-13(19)18-12-5-3-4-11(16)14(12)15(20)21/h3-5,9-10H,6-8,17H2,1-2H3,(H,18,19)(H,20,21). The lowest BCUT2D eigenvalue weighted by Crippen LogP contribution is -2.24. The summed E-state index contributed by atoms with van der Waals surface area (Å²) in [5.41, 5.74) is 5.78. The molecule has 0 bridgehead atoms. The smallest absolute Gasteiger partial charge is 0.339 e. The molecule has 5 nitrogen and oxygen atoms in total. The number of hydrogen-bond acceptors (Lipinski definition) is 3. The maximum atomic E-state index is 12.0. The molecule has 1 atom stereocenters. The number of nitrogens with one attached hydrogen (secondary N) is 1. The number of carbonyl (C=O) groups is 2. The maximum absolute atomic E-state index is 12.0. The fourth-order valence-electron chi connectivity index (χ4n) is 2.24. The third-order valence-corrected chi connectivity index (χ3v) is 3.43. The lowest BCUT2D eigenvalue weighted by Gasteiger charge is -2.17. The Bertz CT molecular complexity index is 518. The summed E-state index contributed by atoms with van der Waals surface area (Å²) in [5, 5.41) is 11.9. The minimum atomic E-state index is -1.17. The highest BCUT2D eigenvalue weighted by Gasteiger charge is 2.18. The molecule has 0 saturated heterocycles. The van der Waals surface area contributed by atoms with Crippen molar-refractivity contribution < 1.29 is 14.7 Å². The molecule has 1 unspecified atom stereocenters. The van der Waals surface area contributed by atoms with E-state index < -0.39 is 5.97 Å². The van der Waals surface area contributed by atoms with Crippen molar-refractivity contribution in [1.82, 2.24) is 0 Å². The predicted octanol–water partition coefficient (Wildman–Crippen LogP) is 2.99. The van der Waals surface area contributed by atoms with Crippen molar-refractivity contribution in [3.05, 3.63) is 28.8 Å². The van der Waals surface area contributed by atoms with Crippen LogP contribution < -0.4 is 11.1 Å². The van der Waals surface area contributed by atoms with Crippen LogP contribution in [-0.2, 0) is 4.79 Å². The number of halogens is 1. The molecular formula is C15H21ClN2O3. The molecule has 0 aliphatic rings. The maximum Gasteiger partial charge on any atom is 0.339 e. The van der Waals surface area contributed by atoms with Gasteiger partial charge in [0, 0.05) is 6.42 Å². The van der Waals surface area contributed by atoms with Crippen LogP contribution in [0.4, 0.5) is 5.69 Å². The van der Waals surface area contributed by atoms with Crippen LogP contribution in [0.1, 0.15) is 37.0 Å². The van der Waals surface area contributed by atoms with Crippen molar-refractivity contribution in [2.24, 2.45) is 17.6 Å². The zero-order valence-corrected chi connectivity index (χ0v) is 13.0. The van der Waals surface area contributed by atoms with Gasteiger partial charge in [0.05, 0.1) is 10.7 Å². The van der Waals surface area contributed by atoms with Crippen LogP contribution in [0.25, 0.3) is 0 Å². The third kappa shape index (κ3) is 5.36. The van der Waals surface area contributed by atoms with Crippen LogP contribution in [0.3, 0.4) is 0 Å². The predicted molar refractivity (Wildman–Crippen MR) is 83.7 cm³/mol. The monoisotopic (exact) mass is 312 g/mol. The van der Waals surface area contributed by atoms with E-state index in [4.69, 9.17) is 22.4 Å². The lowest BCUT2D eigenvalue weighted by molar-refractivity contribution is -0.117. The van der Waals surface area contributed by atoms with Gasteiger partial charge in [0.25, 0.3) is 0 Å². The number of benzene rings is 1. The minimum absolute atomic E-state index is 0.0810. The molecule has 1 aromatic rings. The van der Waals surface area contributed by atoms with E-state index in [1.165, 1.54) is 12.1 Å². The second-order valence-electron chi connectivity index (χ2n) is 5.45. The van der Waals surface area contributed by atoms with Gasteiger partial charge in [0.1, 0.15) is 5.56 Å². The number of carboxylic acid groups (broad SMARTS) is 1. The first kappa shape index (κ1) is 17.5. The van der Waals surface area contributed by atoms with E-state index in [9.17, 15) is 9.59 Å². The fraction of sp³-hybridized carbons (Fsp3) is 0.467. The van der Waals surface area contributed by atoms with Gasteiger partial charge in [-0.1, -0.05) is 31.5 Å². The van der Waals surface area contributed by atoms with Crippen molar-refractivity contribution in [3.8, 4) is 0 Å². The summed E-state index contributed by atoms with van der Waals surface area (Å²) in [5.74, 6) is -0.895. The first-order chi connectivity index (χ1) is 9.85. The fourth-order valence-corrected chi connectivity index (χ4v) is 2.49. The number of anilines is 1. The summed E-state index contributed by atoms with van der Waals surface area (Å²) in [7, 11) is 0. The van der Waals surface area contributed by atoms with Gasteiger partial charge >= 0.3 is 5.97 Å². The van der Waals surface area contributed by atoms with Gasteiger partial charge in [-0.25, -0.2) is 4.79 Å². The van der Waals surface area contributed by atoms with Crippen LogP contribution in [-0.4, -0.2) is 23.5 Å². The highest BCUT2D eigenvalue weighted by Crippen LogP contribution is 2.25. The van der Waals surface area contributed by atoms with Crippen LogP contribution in [0.15, 0.2) is 18.2 Å². The molecule has 1 amide bonds. The van der Waals surface area contributed by atoms with E-state index in [-0.39, 0.29) is 34.5 Å². The van der Waals surface area contributed by atoms with Crippen LogP contribution in [0, 0.1) is 11.8 Å². The average Bonchev–Trinajstić information content (AvgIpc) is 2.36. The summed E-state index contributed by atoms with van der Waals surface area (Å²) in [6.07, 6.45) is 1.12. The van der Waals surface area contributed by atoms with Crippen molar-refractivity contribution in [2.75, 3.05) is 11.9 Å². The Labute approximate surface area is 129 Å². The van der Waals surface area contributed by atoms with Crippen molar-refractivity contribution in [3.63, 3.8) is 0 Å². The van der Waals surface area contributed by atoms with E-state index in [0.717, 1.165) is 6.42 Å². The summed E-state index contributed by atoms with van der Waals surface area (Å²) >= 11 is 5.86. The number of carbonyl (C=O) groups excluding carboxylic acids is 1. The highest BCUT2D eigenvalue weighted by molar-refractivity contribution is 6.34. The molecular weight excluding hydrogens is 292 g/mol. The molecule has 0 heterocycles. The third-order valence-electron chi connectivity index (χ3n) is 3.11. The lowest BCUT2D eigenvalue weighted by atomic mass is 9.94. The van der Waals surface area contributed by atoms with Gasteiger partial charge in [0.2, 0.25) is 5.91 Å². The molecule has 1 rings (SSSR count). The Morgan fingerprint density at radius 3 is 2.57 bits per heavy atom. The molecule has 4 N–H and O–H groups in total. The number of aromatic carboxylic acids is 1. The van der Waals surface area contributed by atoms with Crippen molar-refractivity contribution in [1.29, 1.82) is 0 Å². The molecule has 0 saturated carbocycles. The molecule has 0 aromatic heterocycles. The topological polar surface area (TPSA) is 92.4 Å². The van der Waals surface area contributed by atoms with E-state index in [0.29, 0.717) is 12.5 Å². The van der Waals surface area contributed by atoms with Gasteiger partial charge in [-0.3, -0.25) is 4.79 Å². The normalized spacial score (nSPS) is 12.2. The molecule has 21 heavy (non-hydrogen) atoms. The first-order valence-electron chi connectivity index (χ1n) is 6.86. The zero-order chi connectivity index (χ0) is 16.0. The van der Waals surface area contributed by atoms with Gasteiger partial charge in [-0.05, 0) is 36.9 Å². The molecule has 0 radical (unpaired) electrons. The van der Waals surface area contributed by atoms with Gasteiger partial charge in [-0.15, -0.1) is 0 Å². The average molecular weight is 313 g/mol. The summed E-state index contributed by atoms with van der Waals surface area (Å²) < 4.78 is 0. The Morgan fingerprint density at radius 2 is 2.05 bits per heavy atom. The molecule has 0 aliphatic heterocycles. The minimum Gasteiger partial charge on any atom is -0.478 e. The Balaban J connectivity index is 2.79. The first-order valence-corrected chi connectivity index (χ1v) is 7.24. The van der Waals surface area contributed by atoms with E-state index >= 15 is 0 Å². The summed E-state index contributed by atoms with van der Waals surface area (Å²) in [6.45, 7) is 4.56. The largest absolute Gasteiger partial charge is 0.478 e. The summed E-state index contributed by atoms with van der Waals surface area (Å²) in [4.78, 5) is 23.2. The number of hydrogen-bond donors (Lipinski definition) is 3. The van der Waals surface area contributed by atoms with Gasteiger partial charge in [0.15, 0.2) is 0 Å². The van der Waals surface area contributed by atoms with E-state index in [1.54, 1.807) is 6.07 Å². The Morgan fingerprint density at radius 1 is 1.38 bits per heavy atom. The molecule has 116 valence electrons.